The Hall–Kier alpha value is -2.83. The summed E-state index contributed by atoms with van der Waals surface area (Å²) >= 11 is 0. The molecule has 7 nitrogen and oxygen atoms in total. The van der Waals surface area contributed by atoms with Crippen molar-refractivity contribution in [2.45, 2.75) is 32.2 Å². The summed E-state index contributed by atoms with van der Waals surface area (Å²) in [5, 5.41) is 13.9. The Bertz CT molecular complexity index is 782. The van der Waals surface area contributed by atoms with E-state index < -0.39 is 0 Å². The Labute approximate surface area is 153 Å². The van der Waals surface area contributed by atoms with Gasteiger partial charge >= 0.3 is 0 Å². The predicted octanol–water partition coefficient (Wildman–Crippen LogP) is 1.87. The quantitative estimate of drug-likeness (QED) is 0.420. The van der Waals surface area contributed by atoms with Crippen molar-refractivity contribution >= 4 is 17.6 Å². The van der Waals surface area contributed by atoms with Gasteiger partial charge in [-0.05, 0) is 30.5 Å². The minimum absolute atomic E-state index is 0.0629. The summed E-state index contributed by atoms with van der Waals surface area (Å²) in [5.41, 5.74) is 3.25. The lowest BCUT2D eigenvalue weighted by atomic mass is 9.90. The van der Waals surface area contributed by atoms with E-state index in [1.165, 1.54) is 11.1 Å². The highest BCUT2D eigenvalue weighted by molar-refractivity contribution is 5.94. The molecule has 26 heavy (non-hydrogen) atoms. The second-order valence-electron chi connectivity index (χ2n) is 6.55. The molecule has 1 aromatic heterocycles. The van der Waals surface area contributed by atoms with Crippen LogP contribution in [0.3, 0.4) is 0 Å². The van der Waals surface area contributed by atoms with Crippen LogP contribution in [0.4, 0.5) is 5.69 Å². The van der Waals surface area contributed by atoms with E-state index >= 15 is 0 Å². The third kappa shape index (κ3) is 4.62. The zero-order valence-corrected chi connectivity index (χ0v) is 15.3. The number of anilines is 1. The molecule has 1 aliphatic heterocycles. The molecule has 7 heteroatoms. The van der Waals surface area contributed by atoms with Gasteiger partial charge < -0.3 is 16.0 Å². The highest BCUT2D eigenvalue weighted by atomic mass is 16.1. The second-order valence-corrected chi connectivity index (χ2v) is 6.55. The van der Waals surface area contributed by atoms with Crippen LogP contribution in [-0.4, -0.2) is 41.8 Å². The van der Waals surface area contributed by atoms with Gasteiger partial charge in [0.25, 0.3) is 0 Å². The number of nitrogens with zero attached hydrogens (tertiary/aromatic N) is 3. The molecule has 0 spiro atoms. The van der Waals surface area contributed by atoms with Crippen LogP contribution in [0.2, 0.25) is 0 Å². The average Bonchev–Trinajstić information content (AvgIpc) is 3.06. The number of fused-ring (bicyclic) bond motifs is 1. The Morgan fingerprint density at radius 2 is 2.23 bits per heavy atom. The molecule has 2 aromatic rings. The highest BCUT2D eigenvalue weighted by Gasteiger charge is 2.24. The number of hydrogen-bond acceptors (Lipinski definition) is 3. The Morgan fingerprint density at radius 3 is 3.00 bits per heavy atom. The molecule has 1 amide bonds. The van der Waals surface area contributed by atoms with E-state index in [0.717, 1.165) is 31.2 Å². The van der Waals surface area contributed by atoms with Crippen LogP contribution in [0.5, 0.6) is 0 Å². The number of hydrogen-bond donors (Lipinski definition) is 3. The van der Waals surface area contributed by atoms with E-state index in [2.05, 4.69) is 32.1 Å². The summed E-state index contributed by atoms with van der Waals surface area (Å²) in [5.74, 6) is 0.962. The van der Waals surface area contributed by atoms with Crippen LogP contribution >= 0.6 is 0 Å². The summed E-state index contributed by atoms with van der Waals surface area (Å²) in [6.07, 6.45) is 5.35. The van der Waals surface area contributed by atoms with E-state index in [0.29, 0.717) is 13.0 Å². The van der Waals surface area contributed by atoms with Crippen LogP contribution in [0.25, 0.3) is 0 Å². The molecule has 0 aliphatic carbocycles. The van der Waals surface area contributed by atoms with Crippen molar-refractivity contribution in [1.82, 2.24) is 20.4 Å². The Morgan fingerprint density at radius 1 is 1.38 bits per heavy atom. The summed E-state index contributed by atoms with van der Waals surface area (Å²) in [6.45, 7) is 4.38. The molecule has 3 rings (SSSR count). The summed E-state index contributed by atoms with van der Waals surface area (Å²) in [6, 6.07) is 7.97. The van der Waals surface area contributed by atoms with Crippen LogP contribution in [0, 0.1) is 6.92 Å². The number of aromatic nitrogens is 2. The molecule has 138 valence electrons. The third-order valence-electron chi connectivity index (χ3n) is 4.46. The fourth-order valence-electron chi connectivity index (χ4n) is 3.16. The maximum absolute atomic E-state index is 11.9. The zero-order valence-electron chi connectivity index (χ0n) is 15.3. The van der Waals surface area contributed by atoms with Crippen LogP contribution in [0.1, 0.15) is 29.9 Å². The summed E-state index contributed by atoms with van der Waals surface area (Å²) < 4.78 is 1.95. The molecular formula is C19H26N6O. The van der Waals surface area contributed by atoms with Crippen molar-refractivity contribution < 1.29 is 4.79 Å². The molecule has 2 heterocycles. The van der Waals surface area contributed by atoms with Crippen LogP contribution < -0.4 is 16.0 Å². The van der Waals surface area contributed by atoms with Crippen LogP contribution in [-0.2, 0) is 11.3 Å². The molecule has 3 N–H and O–H groups in total. The SMILES string of the molecule is CN=C(NCCCn1cc(C)cn1)NCC1CC(=O)Nc2ccccc21. The number of guanidine groups is 1. The normalized spacial score (nSPS) is 16.8. The maximum Gasteiger partial charge on any atom is 0.225 e. The van der Waals surface area contributed by atoms with Gasteiger partial charge in [0.1, 0.15) is 0 Å². The third-order valence-corrected chi connectivity index (χ3v) is 4.46. The topological polar surface area (TPSA) is 83.3 Å². The fourth-order valence-corrected chi connectivity index (χ4v) is 3.16. The largest absolute Gasteiger partial charge is 0.356 e. The van der Waals surface area contributed by atoms with Gasteiger partial charge in [0.05, 0.1) is 6.20 Å². The number of rotatable bonds is 6. The summed E-state index contributed by atoms with van der Waals surface area (Å²) in [7, 11) is 1.76. The molecule has 1 unspecified atom stereocenters. The van der Waals surface area contributed by atoms with E-state index in [1.807, 2.05) is 42.2 Å². The van der Waals surface area contributed by atoms with Gasteiger partial charge in [-0.25, -0.2) is 0 Å². The van der Waals surface area contributed by atoms with Gasteiger partial charge in [0, 0.05) is 50.9 Å². The van der Waals surface area contributed by atoms with Crippen molar-refractivity contribution in [3.05, 3.63) is 47.8 Å². The number of carbonyl (C=O) groups excluding carboxylic acids is 1. The first-order chi connectivity index (χ1) is 12.7. The van der Waals surface area contributed by atoms with Gasteiger partial charge in [-0.1, -0.05) is 18.2 Å². The van der Waals surface area contributed by atoms with Crippen molar-refractivity contribution in [2.24, 2.45) is 4.99 Å². The summed E-state index contributed by atoms with van der Waals surface area (Å²) in [4.78, 5) is 16.2. The molecule has 0 fully saturated rings. The average molecular weight is 354 g/mol. The first-order valence-electron chi connectivity index (χ1n) is 8.98. The molecular weight excluding hydrogens is 328 g/mol. The number of para-hydroxylation sites is 1. The maximum atomic E-state index is 11.9. The van der Waals surface area contributed by atoms with Crippen molar-refractivity contribution in [1.29, 1.82) is 0 Å². The number of amides is 1. The van der Waals surface area contributed by atoms with Crippen LogP contribution in [0.15, 0.2) is 41.7 Å². The van der Waals surface area contributed by atoms with Gasteiger partial charge in [-0.3, -0.25) is 14.5 Å². The molecule has 0 saturated heterocycles. The standard InChI is InChI=1S/C19H26N6O/c1-14-11-23-25(13-14)9-5-8-21-19(20-2)22-12-15-10-18(26)24-17-7-4-3-6-16(15)17/h3-4,6-7,11,13,15H,5,8-10,12H2,1-2H3,(H,24,26)(H2,20,21,22). The highest BCUT2D eigenvalue weighted by Crippen LogP contribution is 2.31. The van der Waals surface area contributed by atoms with Crippen molar-refractivity contribution in [2.75, 3.05) is 25.5 Å². The lowest BCUT2D eigenvalue weighted by molar-refractivity contribution is -0.116. The van der Waals surface area contributed by atoms with E-state index in [9.17, 15) is 4.79 Å². The molecule has 1 aliphatic rings. The van der Waals surface area contributed by atoms with Crippen molar-refractivity contribution in [3.63, 3.8) is 0 Å². The molecule has 0 radical (unpaired) electrons. The molecule has 0 bridgehead atoms. The molecule has 0 saturated carbocycles. The van der Waals surface area contributed by atoms with Gasteiger partial charge in [0.2, 0.25) is 5.91 Å². The number of aryl methyl sites for hydroxylation is 2. The van der Waals surface area contributed by atoms with E-state index in [-0.39, 0.29) is 11.8 Å². The fraction of sp³-hybridized carbons (Fsp3) is 0.421. The first kappa shape index (κ1) is 18.0. The first-order valence-corrected chi connectivity index (χ1v) is 8.98. The Balaban J connectivity index is 1.46. The number of nitrogens with one attached hydrogen (secondary N) is 3. The van der Waals surface area contributed by atoms with E-state index in [4.69, 9.17) is 0 Å². The lowest BCUT2D eigenvalue weighted by Gasteiger charge is -2.26. The number of aliphatic imine (C=N–C) groups is 1. The van der Waals surface area contributed by atoms with Crippen molar-refractivity contribution in [3.8, 4) is 0 Å². The van der Waals surface area contributed by atoms with Gasteiger partial charge in [0.15, 0.2) is 5.96 Å². The smallest absolute Gasteiger partial charge is 0.225 e. The van der Waals surface area contributed by atoms with Gasteiger partial charge in [-0.2, -0.15) is 5.10 Å². The predicted molar refractivity (Wildman–Crippen MR) is 103 cm³/mol. The number of benzene rings is 1. The Kier molecular flexibility index (Phi) is 5.88. The number of carbonyl (C=O) groups is 1. The van der Waals surface area contributed by atoms with E-state index in [1.54, 1.807) is 7.05 Å². The molecule has 1 aromatic carbocycles. The van der Waals surface area contributed by atoms with Gasteiger partial charge in [-0.15, -0.1) is 0 Å². The minimum Gasteiger partial charge on any atom is -0.356 e. The lowest BCUT2D eigenvalue weighted by Crippen LogP contribution is -2.41. The molecule has 1 atom stereocenters. The second kappa shape index (κ2) is 8.51. The zero-order chi connectivity index (χ0) is 18.4. The monoisotopic (exact) mass is 354 g/mol. The minimum atomic E-state index is 0.0629.